The molecule has 29 heavy (non-hydrogen) atoms. The zero-order chi connectivity index (χ0) is 21.1. The summed E-state index contributed by atoms with van der Waals surface area (Å²) in [5.74, 6) is 2.10. The summed E-state index contributed by atoms with van der Waals surface area (Å²) in [6, 6.07) is 9.21. The molecule has 156 valence electrons. The molecule has 2 N–H and O–H groups in total. The van der Waals surface area contributed by atoms with Crippen molar-refractivity contribution in [3.8, 4) is 11.5 Å². The second-order valence-electron chi connectivity index (χ2n) is 6.27. The summed E-state index contributed by atoms with van der Waals surface area (Å²) < 4.78 is 10.7. The van der Waals surface area contributed by atoms with Crippen LogP contribution in [0.5, 0.6) is 11.5 Å². The lowest BCUT2D eigenvalue weighted by Crippen LogP contribution is -2.39. The van der Waals surface area contributed by atoms with Crippen LogP contribution < -0.4 is 20.1 Å². The first kappa shape index (κ1) is 22.0. The molecule has 0 radical (unpaired) electrons. The first-order valence-electron chi connectivity index (χ1n) is 9.47. The molecule has 1 aromatic carbocycles. The van der Waals surface area contributed by atoms with Gasteiger partial charge in [-0.2, -0.15) is 0 Å². The number of aromatic nitrogens is 1. The van der Waals surface area contributed by atoms with Crippen molar-refractivity contribution >= 4 is 11.9 Å². The summed E-state index contributed by atoms with van der Waals surface area (Å²) in [6.07, 6.45) is 3.18. The molecule has 0 aliphatic carbocycles. The van der Waals surface area contributed by atoms with Crippen molar-refractivity contribution in [2.24, 2.45) is 4.99 Å². The SMILES string of the molecule is CCNC(=NCCNC(=O)c1cccnc1)N(C)Cc1ccc(OC)cc1OC. The number of hydrogen-bond donors (Lipinski definition) is 2. The number of pyridine rings is 1. The molecule has 0 bridgehead atoms. The Labute approximate surface area is 172 Å². The average molecular weight is 399 g/mol. The van der Waals surface area contributed by atoms with Gasteiger partial charge in [-0.05, 0) is 31.2 Å². The van der Waals surface area contributed by atoms with Crippen molar-refractivity contribution in [3.05, 3.63) is 53.9 Å². The number of carbonyl (C=O) groups is 1. The highest BCUT2D eigenvalue weighted by atomic mass is 16.5. The van der Waals surface area contributed by atoms with E-state index < -0.39 is 0 Å². The maximum absolute atomic E-state index is 12.1. The summed E-state index contributed by atoms with van der Waals surface area (Å²) in [5.41, 5.74) is 1.55. The van der Waals surface area contributed by atoms with E-state index in [0.29, 0.717) is 25.2 Å². The first-order chi connectivity index (χ1) is 14.1. The number of aliphatic imine (C=N–C) groups is 1. The van der Waals surface area contributed by atoms with E-state index >= 15 is 0 Å². The quantitative estimate of drug-likeness (QED) is 0.381. The zero-order valence-corrected chi connectivity index (χ0v) is 17.4. The Kier molecular flexibility index (Phi) is 8.75. The molecule has 8 nitrogen and oxygen atoms in total. The molecule has 8 heteroatoms. The predicted molar refractivity (Wildman–Crippen MR) is 114 cm³/mol. The van der Waals surface area contributed by atoms with Crippen LogP contribution in [0.25, 0.3) is 0 Å². The van der Waals surface area contributed by atoms with Crippen LogP contribution in [0.1, 0.15) is 22.8 Å². The summed E-state index contributed by atoms with van der Waals surface area (Å²) in [7, 11) is 5.23. The number of rotatable bonds is 9. The number of guanidine groups is 1. The second kappa shape index (κ2) is 11.5. The molecule has 2 rings (SSSR count). The third-order valence-corrected chi connectivity index (χ3v) is 4.18. The number of nitrogens with one attached hydrogen (secondary N) is 2. The zero-order valence-electron chi connectivity index (χ0n) is 17.4. The molecule has 0 atom stereocenters. The van der Waals surface area contributed by atoms with Crippen LogP contribution in [0, 0.1) is 0 Å². The van der Waals surface area contributed by atoms with Crippen molar-refractivity contribution in [1.29, 1.82) is 0 Å². The van der Waals surface area contributed by atoms with E-state index in [2.05, 4.69) is 20.6 Å². The van der Waals surface area contributed by atoms with Gasteiger partial charge in [-0.1, -0.05) is 0 Å². The van der Waals surface area contributed by atoms with Crippen molar-refractivity contribution in [1.82, 2.24) is 20.5 Å². The number of methoxy groups -OCH3 is 2. The van der Waals surface area contributed by atoms with Gasteiger partial charge in [0.1, 0.15) is 11.5 Å². The van der Waals surface area contributed by atoms with Gasteiger partial charge in [0.15, 0.2) is 5.96 Å². The van der Waals surface area contributed by atoms with Gasteiger partial charge in [-0.15, -0.1) is 0 Å². The standard InChI is InChI=1S/C21H29N5O3/c1-5-23-21(25-12-11-24-20(27)16-7-6-10-22-14-16)26(2)15-17-8-9-18(28-3)13-19(17)29-4/h6-10,13-14H,5,11-12,15H2,1-4H3,(H,23,25)(H,24,27). The third kappa shape index (κ3) is 6.67. The topological polar surface area (TPSA) is 88.1 Å². The number of carbonyl (C=O) groups excluding carboxylic acids is 1. The molecule has 1 amide bonds. The molecular weight excluding hydrogens is 370 g/mol. The molecule has 0 fully saturated rings. The molecule has 1 heterocycles. The average Bonchev–Trinajstić information content (AvgIpc) is 2.76. The van der Waals surface area contributed by atoms with Crippen LogP contribution in [-0.4, -0.2) is 62.7 Å². The maximum atomic E-state index is 12.1. The van der Waals surface area contributed by atoms with Gasteiger partial charge in [-0.25, -0.2) is 0 Å². The van der Waals surface area contributed by atoms with Crippen LogP contribution in [-0.2, 0) is 6.54 Å². The summed E-state index contributed by atoms with van der Waals surface area (Å²) in [5, 5.41) is 6.12. The van der Waals surface area contributed by atoms with E-state index in [1.165, 1.54) is 0 Å². The number of hydrogen-bond acceptors (Lipinski definition) is 5. The van der Waals surface area contributed by atoms with Gasteiger partial charge in [0.05, 0.1) is 26.3 Å². The van der Waals surface area contributed by atoms with Crippen LogP contribution >= 0.6 is 0 Å². The van der Waals surface area contributed by atoms with E-state index in [9.17, 15) is 4.79 Å². The predicted octanol–water partition coefficient (Wildman–Crippen LogP) is 1.93. The molecular formula is C21H29N5O3. The normalized spacial score (nSPS) is 11.0. The number of ether oxygens (including phenoxy) is 2. The fourth-order valence-electron chi connectivity index (χ4n) is 2.71. The number of amides is 1. The van der Waals surface area contributed by atoms with Gasteiger partial charge in [-0.3, -0.25) is 14.8 Å². The van der Waals surface area contributed by atoms with Gasteiger partial charge >= 0.3 is 0 Å². The number of nitrogens with zero attached hydrogens (tertiary/aromatic N) is 3. The fraction of sp³-hybridized carbons (Fsp3) is 0.381. The molecule has 0 aliphatic rings. The Morgan fingerprint density at radius 1 is 1.21 bits per heavy atom. The maximum Gasteiger partial charge on any atom is 0.252 e. The Bertz CT molecular complexity index is 811. The Balaban J connectivity index is 1.96. The van der Waals surface area contributed by atoms with E-state index in [4.69, 9.17) is 9.47 Å². The largest absolute Gasteiger partial charge is 0.497 e. The van der Waals surface area contributed by atoms with E-state index in [1.54, 1.807) is 38.7 Å². The molecule has 0 unspecified atom stereocenters. The molecule has 0 spiro atoms. The van der Waals surface area contributed by atoms with Crippen molar-refractivity contribution in [2.75, 3.05) is 40.9 Å². The third-order valence-electron chi connectivity index (χ3n) is 4.18. The lowest BCUT2D eigenvalue weighted by atomic mass is 10.2. The monoisotopic (exact) mass is 399 g/mol. The minimum atomic E-state index is -0.158. The Morgan fingerprint density at radius 3 is 2.69 bits per heavy atom. The highest BCUT2D eigenvalue weighted by Crippen LogP contribution is 2.25. The van der Waals surface area contributed by atoms with Crippen LogP contribution in [0.2, 0.25) is 0 Å². The van der Waals surface area contributed by atoms with Crippen molar-refractivity contribution in [3.63, 3.8) is 0 Å². The Morgan fingerprint density at radius 2 is 2.03 bits per heavy atom. The first-order valence-corrected chi connectivity index (χ1v) is 9.47. The van der Waals surface area contributed by atoms with E-state index in [0.717, 1.165) is 29.6 Å². The van der Waals surface area contributed by atoms with Crippen molar-refractivity contribution in [2.45, 2.75) is 13.5 Å². The fourth-order valence-corrected chi connectivity index (χ4v) is 2.71. The Hall–Kier alpha value is -3.29. The molecule has 1 aromatic heterocycles. The van der Waals surface area contributed by atoms with Gasteiger partial charge in [0.2, 0.25) is 0 Å². The second-order valence-corrected chi connectivity index (χ2v) is 6.27. The van der Waals surface area contributed by atoms with Crippen LogP contribution in [0.15, 0.2) is 47.7 Å². The smallest absolute Gasteiger partial charge is 0.252 e. The highest BCUT2D eigenvalue weighted by molar-refractivity contribution is 5.93. The van der Waals surface area contributed by atoms with Crippen LogP contribution in [0.3, 0.4) is 0 Å². The molecule has 2 aromatic rings. The number of benzene rings is 1. The highest BCUT2D eigenvalue weighted by Gasteiger charge is 2.11. The lowest BCUT2D eigenvalue weighted by Gasteiger charge is -2.23. The summed E-state index contributed by atoms with van der Waals surface area (Å²) in [6.45, 7) is 4.26. The minimum Gasteiger partial charge on any atom is -0.497 e. The van der Waals surface area contributed by atoms with Gasteiger partial charge in [0, 0.05) is 50.7 Å². The van der Waals surface area contributed by atoms with Crippen LogP contribution in [0.4, 0.5) is 0 Å². The van der Waals surface area contributed by atoms with E-state index in [1.807, 2.05) is 37.1 Å². The van der Waals surface area contributed by atoms with E-state index in [-0.39, 0.29) is 5.91 Å². The lowest BCUT2D eigenvalue weighted by molar-refractivity contribution is 0.0954. The van der Waals surface area contributed by atoms with Gasteiger partial charge in [0.25, 0.3) is 5.91 Å². The summed E-state index contributed by atoms with van der Waals surface area (Å²) in [4.78, 5) is 22.6. The summed E-state index contributed by atoms with van der Waals surface area (Å²) >= 11 is 0. The van der Waals surface area contributed by atoms with Crippen molar-refractivity contribution < 1.29 is 14.3 Å². The molecule has 0 saturated heterocycles. The minimum absolute atomic E-state index is 0.158. The molecule has 0 saturated carbocycles. The van der Waals surface area contributed by atoms with Gasteiger partial charge < -0.3 is 25.0 Å². The molecule has 0 aliphatic heterocycles.